The number of benzene rings is 1. The van der Waals surface area contributed by atoms with Gasteiger partial charge in [-0.2, -0.15) is 0 Å². The topological polar surface area (TPSA) is 49.3 Å². The molecule has 0 aliphatic carbocycles. The lowest BCUT2D eigenvalue weighted by atomic mass is 10.1. The highest BCUT2D eigenvalue weighted by Gasteiger charge is 2.09. The number of aliphatic hydroxyl groups excluding tert-OH is 1. The predicted molar refractivity (Wildman–Crippen MR) is 71.1 cm³/mol. The van der Waals surface area contributed by atoms with Gasteiger partial charge in [0.15, 0.2) is 0 Å². The molecule has 1 rings (SSSR count). The van der Waals surface area contributed by atoms with Gasteiger partial charge in [0.25, 0.3) is 0 Å². The van der Waals surface area contributed by atoms with Gasteiger partial charge in [0.1, 0.15) is 5.82 Å². The summed E-state index contributed by atoms with van der Waals surface area (Å²) in [4.78, 5) is 11.8. The molecule has 0 heterocycles. The Kier molecular flexibility index (Phi) is 6.15. The predicted octanol–water partition coefficient (Wildman–Crippen LogP) is 2.50. The molecule has 2 N–H and O–H groups in total. The number of rotatable bonds is 6. The van der Waals surface area contributed by atoms with Crippen molar-refractivity contribution in [1.29, 1.82) is 0 Å². The maximum Gasteiger partial charge on any atom is 0.230 e. The van der Waals surface area contributed by atoms with Gasteiger partial charge in [-0.25, -0.2) is 4.39 Å². The molecule has 0 aliphatic heterocycles. The quantitative estimate of drug-likeness (QED) is 0.782. The highest BCUT2D eigenvalue weighted by atomic mass is 32.2. The van der Waals surface area contributed by atoms with E-state index in [0.29, 0.717) is 17.0 Å². The van der Waals surface area contributed by atoms with Gasteiger partial charge in [-0.05, 0) is 31.0 Å². The summed E-state index contributed by atoms with van der Waals surface area (Å²) >= 11 is 1.16. The number of thioether (sulfide) groups is 1. The van der Waals surface area contributed by atoms with E-state index < -0.39 is 11.9 Å². The molecule has 0 unspecified atom stereocenters. The molecule has 3 nitrogen and oxygen atoms in total. The number of nitrogens with one attached hydrogen (secondary N) is 1. The second kappa shape index (κ2) is 7.38. The molecule has 0 saturated carbocycles. The molecule has 0 fully saturated rings. The molecule has 0 bridgehead atoms. The fourth-order valence-corrected chi connectivity index (χ4v) is 2.10. The zero-order valence-electron chi connectivity index (χ0n) is 10.6. The summed E-state index contributed by atoms with van der Waals surface area (Å²) in [7, 11) is 0. The molecule has 1 aromatic carbocycles. The minimum Gasteiger partial charge on any atom is -0.389 e. The third-order valence-electron chi connectivity index (χ3n) is 2.37. The van der Waals surface area contributed by atoms with Gasteiger partial charge in [-0.3, -0.25) is 4.79 Å². The molecule has 1 atom stereocenters. The highest BCUT2D eigenvalue weighted by molar-refractivity contribution is 8.00. The number of hydrogen-bond donors (Lipinski definition) is 2. The first-order chi connectivity index (χ1) is 8.54. The summed E-state index contributed by atoms with van der Waals surface area (Å²) < 4.78 is 13.6. The average Bonchev–Trinajstić information content (AvgIpc) is 2.34. The largest absolute Gasteiger partial charge is 0.389 e. The van der Waals surface area contributed by atoms with Crippen LogP contribution in [-0.2, 0) is 4.79 Å². The number of carbonyl (C=O) groups is 1. The summed E-state index contributed by atoms with van der Waals surface area (Å²) in [6, 6.07) is 4.56. The Labute approximate surface area is 111 Å². The van der Waals surface area contributed by atoms with Gasteiger partial charge in [0, 0.05) is 11.4 Å². The van der Waals surface area contributed by atoms with Crippen molar-refractivity contribution in [2.45, 2.75) is 31.3 Å². The van der Waals surface area contributed by atoms with Crippen LogP contribution in [-0.4, -0.2) is 23.3 Å². The van der Waals surface area contributed by atoms with Crippen LogP contribution in [0.4, 0.5) is 4.39 Å². The molecular weight excluding hydrogens is 253 g/mol. The Morgan fingerprint density at radius 2 is 2.28 bits per heavy atom. The Bertz CT molecular complexity index is 410. The van der Waals surface area contributed by atoms with Crippen LogP contribution in [0.25, 0.3) is 0 Å². The lowest BCUT2D eigenvalue weighted by Crippen LogP contribution is -2.25. The van der Waals surface area contributed by atoms with Crippen molar-refractivity contribution in [1.82, 2.24) is 5.32 Å². The highest BCUT2D eigenvalue weighted by Crippen LogP contribution is 2.24. The fraction of sp³-hybridized carbons (Fsp3) is 0.462. The van der Waals surface area contributed by atoms with Crippen LogP contribution in [0.15, 0.2) is 23.1 Å². The second-order valence-electron chi connectivity index (χ2n) is 4.00. The van der Waals surface area contributed by atoms with Gasteiger partial charge in [-0.15, -0.1) is 11.8 Å². The molecule has 0 spiro atoms. The number of aliphatic hydroxyl groups is 1. The zero-order chi connectivity index (χ0) is 13.5. The molecule has 0 aliphatic rings. The van der Waals surface area contributed by atoms with Gasteiger partial charge >= 0.3 is 0 Å². The normalized spacial score (nSPS) is 12.2. The van der Waals surface area contributed by atoms with Crippen molar-refractivity contribution in [2.75, 3.05) is 12.3 Å². The molecule has 0 radical (unpaired) electrons. The van der Waals surface area contributed by atoms with Crippen molar-refractivity contribution in [3.05, 3.63) is 29.6 Å². The smallest absolute Gasteiger partial charge is 0.230 e. The van der Waals surface area contributed by atoms with Crippen LogP contribution in [0.3, 0.4) is 0 Å². The van der Waals surface area contributed by atoms with Crippen molar-refractivity contribution >= 4 is 17.7 Å². The molecule has 100 valence electrons. The SMILES string of the molecule is CCCNC(=O)CSc1ccc([C@H](C)O)cc1F. The third kappa shape index (κ3) is 4.66. The molecule has 1 aromatic rings. The van der Waals surface area contributed by atoms with Crippen molar-refractivity contribution in [3.63, 3.8) is 0 Å². The van der Waals surface area contributed by atoms with Gasteiger partial charge in [-0.1, -0.05) is 13.0 Å². The van der Waals surface area contributed by atoms with Crippen LogP contribution < -0.4 is 5.32 Å². The van der Waals surface area contributed by atoms with Crippen molar-refractivity contribution in [2.24, 2.45) is 0 Å². The third-order valence-corrected chi connectivity index (χ3v) is 3.42. The Hall–Kier alpha value is -1.07. The fourth-order valence-electron chi connectivity index (χ4n) is 1.35. The van der Waals surface area contributed by atoms with E-state index in [-0.39, 0.29) is 11.7 Å². The number of hydrogen-bond acceptors (Lipinski definition) is 3. The van der Waals surface area contributed by atoms with Crippen molar-refractivity contribution in [3.8, 4) is 0 Å². The summed E-state index contributed by atoms with van der Waals surface area (Å²) in [5.41, 5.74) is 0.535. The van der Waals surface area contributed by atoms with E-state index in [0.717, 1.165) is 18.2 Å². The Morgan fingerprint density at radius 1 is 1.56 bits per heavy atom. The first kappa shape index (κ1) is 15.0. The average molecular weight is 271 g/mol. The summed E-state index contributed by atoms with van der Waals surface area (Å²) in [6.07, 6.45) is 0.194. The van der Waals surface area contributed by atoms with Gasteiger partial charge in [0.05, 0.1) is 11.9 Å². The summed E-state index contributed by atoms with van der Waals surface area (Å²) in [5, 5.41) is 12.0. The number of halogens is 1. The van der Waals surface area contributed by atoms with Crippen LogP contribution >= 0.6 is 11.8 Å². The van der Waals surface area contributed by atoms with Gasteiger partial charge in [0.2, 0.25) is 5.91 Å². The van der Waals surface area contributed by atoms with Crippen LogP contribution in [0, 0.1) is 5.82 Å². The van der Waals surface area contributed by atoms with E-state index in [9.17, 15) is 14.3 Å². The molecular formula is C13H18FNO2S. The maximum absolute atomic E-state index is 13.6. The van der Waals surface area contributed by atoms with Crippen LogP contribution in [0.2, 0.25) is 0 Å². The number of amides is 1. The lowest BCUT2D eigenvalue weighted by Gasteiger charge is -2.08. The minimum atomic E-state index is -0.689. The van der Waals surface area contributed by atoms with E-state index in [4.69, 9.17) is 0 Å². The Balaban J connectivity index is 2.55. The standard InChI is InChI=1S/C13H18FNO2S/c1-3-6-15-13(17)8-18-12-5-4-10(9(2)16)7-11(12)14/h4-5,7,9,16H,3,6,8H2,1-2H3,(H,15,17)/t9-/m0/s1. The van der Waals surface area contributed by atoms with E-state index in [1.54, 1.807) is 19.1 Å². The minimum absolute atomic E-state index is 0.0964. The van der Waals surface area contributed by atoms with Gasteiger partial charge < -0.3 is 10.4 Å². The van der Waals surface area contributed by atoms with E-state index in [1.807, 2.05) is 6.92 Å². The van der Waals surface area contributed by atoms with Crippen LogP contribution in [0.5, 0.6) is 0 Å². The van der Waals surface area contributed by atoms with E-state index in [2.05, 4.69) is 5.32 Å². The molecule has 0 saturated heterocycles. The molecule has 0 aromatic heterocycles. The van der Waals surface area contributed by atoms with E-state index >= 15 is 0 Å². The maximum atomic E-state index is 13.6. The summed E-state index contributed by atoms with van der Waals surface area (Å²) in [6.45, 7) is 4.20. The molecule has 5 heteroatoms. The van der Waals surface area contributed by atoms with Crippen molar-refractivity contribution < 1.29 is 14.3 Å². The zero-order valence-corrected chi connectivity index (χ0v) is 11.4. The van der Waals surface area contributed by atoms with Crippen LogP contribution in [0.1, 0.15) is 31.9 Å². The first-order valence-electron chi connectivity index (χ1n) is 5.91. The lowest BCUT2D eigenvalue weighted by molar-refractivity contribution is -0.118. The second-order valence-corrected chi connectivity index (χ2v) is 5.02. The molecule has 18 heavy (non-hydrogen) atoms. The number of carbonyl (C=O) groups excluding carboxylic acids is 1. The van der Waals surface area contributed by atoms with E-state index in [1.165, 1.54) is 6.07 Å². The Morgan fingerprint density at radius 3 is 2.83 bits per heavy atom. The molecule has 1 amide bonds. The monoisotopic (exact) mass is 271 g/mol. The summed E-state index contributed by atoms with van der Waals surface area (Å²) in [5.74, 6) is -0.298. The first-order valence-corrected chi connectivity index (χ1v) is 6.90.